The Balaban J connectivity index is 0.00000324. The van der Waals surface area contributed by atoms with Crippen LogP contribution >= 0.6 is 12.4 Å². The van der Waals surface area contributed by atoms with Gasteiger partial charge in [-0.25, -0.2) is 13.1 Å². The molecular formula is C12H18ClN3O2S. The molecule has 0 atom stereocenters. The molecule has 3 N–H and O–H groups in total. The van der Waals surface area contributed by atoms with Crippen LogP contribution in [0.15, 0.2) is 23.1 Å². The maximum atomic E-state index is 12.2. The van der Waals surface area contributed by atoms with Gasteiger partial charge in [0, 0.05) is 12.1 Å². The van der Waals surface area contributed by atoms with Crippen LogP contribution in [-0.2, 0) is 10.0 Å². The van der Waals surface area contributed by atoms with Crippen LogP contribution in [0.2, 0.25) is 0 Å². The van der Waals surface area contributed by atoms with E-state index in [0.717, 1.165) is 0 Å². The number of nitriles is 1. The van der Waals surface area contributed by atoms with E-state index in [1.807, 2.05) is 6.07 Å². The lowest BCUT2D eigenvalue weighted by atomic mass is 10.1. The zero-order chi connectivity index (χ0) is 14.0. The summed E-state index contributed by atoms with van der Waals surface area (Å²) in [6.07, 6.45) is 0. The maximum Gasteiger partial charge on any atom is 0.242 e. The molecule has 0 aliphatic carbocycles. The topological polar surface area (TPSA) is 96.0 Å². The summed E-state index contributed by atoms with van der Waals surface area (Å²) in [5, 5.41) is 9.05. The smallest absolute Gasteiger partial charge is 0.242 e. The van der Waals surface area contributed by atoms with Gasteiger partial charge in [-0.2, -0.15) is 5.26 Å². The predicted molar refractivity (Wildman–Crippen MR) is 76.6 cm³/mol. The number of aryl methyl sites for hydroxylation is 1. The van der Waals surface area contributed by atoms with E-state index in [4.69, 9.17) is 11.0 Å². The lowest BCUT2D eigenvalue weighted by Gasteiger charge is -2.24. The molecule has 0 spiro atoms. The molecule has 0 saturated carbocycles. The van der Waals surface area contributed by atoms with Crippen LogP contribution in [0.1, 0.15) is 25.0 Å². The van der Waals surface area contributed by atoms with Crippen molar-refractivity contribution in [1.29, 1.82) is 5.26 Å². The SMILES string of the molecule is Cc1cccc(S(=O)(=O)NC(C)(C)CN)c1C#N.Cl. The number of nitrogens with zero attached hydrogens (tertiary/aromatic N) is 1. The summed E-state index contributed by atoms with van der Waals surface area (Å²) < 4.78 is 26.9. The van der Waals surface area contributed by atoms with E-state index in [9.17, 15) is 8.42 Å². The molecule has 0 fully saturated rings. The van der Waals surface area contributed by atoms with Crippen molar-refractivity contribution in [2.24, 2.45) is 5.73 Å². The number of nitrogens with two attached hydrogens (primary N) is 1. The predicted octanol–water partition coefficient (Wildman–Crippen LogP) is 1.30. The third kappa shape index (κ3) is 4.18. The van der Waals surface area contributed by atoms with Gasteiger partial charge in [0.2, 0.25) is 10.0 Å². The fraction of sp³-hybridized carbons (Fsp3) is 0.417. The van der Waals surface area contributed by atoms with Crippen molar-refractivity contribution in [1.82, 2.24) is 4.72 Å². The Morgan fingerprint density at radius 1 is 1.42 bits per heavy atom. The number of hydrogen-bond donors (Lipinski definition) is 2. The van der Waals surface area contributed by atoms with Crippen molar-refractivity contribution >= 4 is 22.4 Å². The molecule has 19 heavy (non-hydrogen) atoms. The first-order valence-electron chi connectivity index (χ1n) is 5.47. The molecule has 0 unspecified atom stereocenters. The molecule has 0 radical (unpaired) electrons. The van der Waals surface area contributed by atoms with Crippen molar-refractivity contribution in [3.05, 3.63) is 29.3 Å². The molecule has 0 amide bonds. The first-order chi connectivity index (χ1) is 8.23. The second-order valence-corrected chi connectivity index (χ2v) is 6.40. The lowest BCUT2D eigenvalue weighted by Crippen LogP contribution is -2.48. The van der Waals surface area contributed by atoms with Gasteiger partial charge >= 0.3 is 0 Å². The fourth-order valence-corrected chi connectivity index (χ4v) is 3.12. The summed E-state index contributed by atoms with van der Waals surface area (Å²) in [5.41, 5.74) is 5.54. The van der Waals surface area contributed by atoms with Gasteiger partial charge in [0.15, 0.2) is 0 Å². The molecule has 0 aromatic heterocycles. The second-order valence-electron chi connectivity index (χ2n) is 4.75. The molecule has 1 rings (SSSR count). The molecule has 0 bridgehead atoms. The highest BCUT2D eigenvalue weighted by molar-refractivity contribution is 7.89. The number of hydrogen-bond acceptors (Lipinski definition) is 4. The van der Waals surface area contributed by atoms with E-state index in [0.29, 0.717) is 5.56 Å². The average molecular weight is 304 g/mol. The Bertz CT molecular complexity index is 591. The third-order valence-electron chi connectivity index (χ3n) is 2.56. The Morgan fingerprint density at radius 3 is 2.47 bits per heavy atom. The fourth-order valence-electron chi connectivity index (χ4n) is 1.47. The highest BCUT2D eigenvalue weighted by atomic mass is 35.5. The van der Waals surface area contributed by atoms with Crippen LogP contribution in [0.25, 0.3) is 0 Å². The Labute approximate surface area is 120 Å². The summed E-state index contributed by atoms with van der Waals surface area (Å²) in [6.45, 7) is 5.24. The minimum absolute atomic E-state index is 0. The van der Waals surface area contributed by atoms with Gasteiger partial charge in [-0.1, -0.05) is 12.1 Å². The first kappa shape index (κ1) is 17.9. The standard InChI is InChI=1S/C12H17N3O2S.ClH/c1-9-5-4-6-11(10(9)7-13)18(16,17)15-12(2,3)8-14;/h4-6,15H,8,14H2,1-3H3;1H. The first-order valence-corrected chi connectivity index (χ1v) is 6.95. The van der Waals surface area contributed by atoms with Crippen molar-refractivity contribution in [3.8, 4) is 6.07 Å². The van der Waals surface area contributed by atoms with E-state index in [1.54, 1.807) is 32.9 Å². The average Bonchev–Trinajstić information content (AvgIpc) is 2.27. The van der Waals surface area contributed by atoms with Gasteiger partial charge in [0.05, 0.1) is 5.56 Å². The number of rotatable bonds is 4. The zero-order valence-corrected chi connectivity index (χ0v) is 12.7. The van der Waals surface area contributed by atoms with Crippen LogP contribution in [0, 0.1) is 18.3 Å². The second kappa shape index (κ2) is 6.35. The van der Waals surface area contributed by atoms with Gasteiger partial charge < -0.3 is 5.73 Å². The minimum Gasteiger partial charge on any atom is -0.329 e. The van der Waals surface area contributed by atoms with Crippen molar-refractivity contribution in [3.63, 3.8) is 0 Å². The van der Waals surface area contributed by atoms with E-state index in [2.05, 4.69) is 4.72 Å². The van der Waals surface area contributed by atoms with Crippen LogP contribution in [0.3, 0.4) is 0 Å². The summed E-state index contributed by atoms with van der Waals surface area (Å²) >= 11 is 0. The maximum absolute atomic E-state index is 12.2. The number of halogens is 1. The van der Waals surface area contributed by atoms with Gasteiger partial charge in [0.1, 0.15) is 11.0 Å². The number of sulfonamides is 1. The summed E-state index contributed by atoms with van der Waals surface area (Å²) in [4.78, 5) is -0.00785. The van der Waals surface area contributed by atoms with E-state index >= 15 is 0 Å². The quantitative estimate of drug-likeness (QED) is 0.876. The van der Waals surface area contributed by atoms with E-state index in [-0.39, 0.29) is 29.4 Å². The summed E-state index contributed by atoms with van der Waals surface area (Å²) in [6, 6.07) is 6.65. The largest absolute Gasteiger partial charge is 0.329 e. The van der Waals surface area contributed by atoms with Crippen LogP contribution < -0.4 is 10.5 Å². The van der Waals surface area contributed by atoms with Crippen molar-refractivity contribution < 1.29 is 8.42 Å². The Hall–Kier alpha value is -1.13. The highest BCUT2D eigenvalue weighted by Crippen LogP contribution is 2.19. The molecule has 0 aliphatic heterocycles. The minimum atomic E-state index is -3.75. The van der Waals surface area contributed by atoms with E-state index < -0.39 is 15.6 Å². The van der Waals surface area contributed by atoms with Crippen LogP contribution in [0.4, 0.5) is 0 Å². The highest BCUT2D eigenvalue weighted by Gasteiger charge is 2.27. The molecule has 0 aliphatic rings. The van der Waals surface area contributed by atoms with Crippen molar-refractivity contribution in [2.75, 3.05) is 6.54 Å². The van der Waals surface area contributed by atoms with Gasteiger partial charge in [-0.05, 0) is 32.4 Å². The molecule has 5 nitrogen and oxygen atoms in total. The molecule has 106 valence electrons. The molecule has 0 saturated heterocycles. The zero-order valence-electron chi connectivity index (χ0n) is 11.1. The molecular weight excluding hydrogens is 286 g/mol. The Morgan fingerprint density at radius 2 is 2.00 bits per heavy atom. The van der Waals surface area contributed by atoms with Gasteiger partial charge in [-0.3, -0.25) is 0 Å². The molecule has 1 aromatic carbocycles. The van der Waals surface area contributed by atoms with Gasteiger partial charge in [-0.15, -0.1) is 12.4 Å². The summed E-state index contributed by atoms with van der Waals surface area (Å²) in [5.74, 6) is 0. The summed E-state index contributed by atoms with van der Waals surface area (Å²) in [7, 11) is -3.75. The van der Waals surface area contributed by atoms with Gasteiger partial charge in [0.25, 0.3) is 0 Å². The number of benzene rings is 1. The molecule has 7 heteroatoms. The van der Waals surface area contributed by atoms with Crippen LogP contribution in [-0.4, -0.2) is 20.5 Å². The van der Waals surface area contributed by atoms with Crippen LogP contribution in [0.5, 0.6) is 0 Å². The molecule has 1 aromatic rings. The van der Waals surface area contributed by atoms with E-state index in [1.165, 1.54) is 6.07 Å². The lowest BCUT2D eigenvalue weighted by molar-refractivity contribution is 0.462. The third-order valence-corrected chi connectivity index (χ3v) is 4.30. The number of nitrogens with one attached hydrogen (secondary N) is 1. The molecule has 0 heterocycles. The van der Waals surface area contributed by atoms with Crippen molar-refractivity contribution in [2.45, 2.75) is 31.2 Å². The Kier molecular flexibility index (Phi) is 5.97. The normalized spacial score (nSPS) is 11.5. The monoisotopic (exact) mass is 303 g/mol.